The number of aryl methyl sites for hydroxylation is 1. The van der Waals surface area contributed by atoms with Gasteiger partial charge in [0.25, 0.3) is 0 Å². The van der Waals surface area contributed by atoms with Gasteiger partial charge in [0.2, 0.25) is 0 Å². The highest BCUT2D eigenvalue weighted by atomic mass is 16.3. The standard InChI is InChI=1S/C14H25NO/c1-3-5-6-7-8-9-13(15)12-10-11-16-14(12)4-2/h10-11,13H,3-9,15H2,1-2H3. The van der Waals surface area contributed by atoms with Gasteiger partial charge in [0.05, 0.1) is 6.26 Å². The van der Waals surface area contributed by atoms with Crippen LogP contribution < -0.4 is 5.73 Å². The molecule has 16 heavy (non-hydrogen) atoms. The molecule has 0 aromatic carbocycles. The monoisotopic (exact) mass is 223 g/mol. The van der Waals surface area contributed by atoms with Gasteiger partial charge in [0.15, 0.2) is 0 Å². The second kappa shape index (κ2) is 7.50. The van der Waals surface area contributed by atoms with Crippen molar-refractivity contribution >= 4 is 0 Å². The Balaban J connectivity index is 2.27. The SMILES string of the molecule is CCCCCCCC(N)c1ccoc1CC. The number of furan rings is 1. The van der Waals surface area contributed by atoms with Crippen LogP contribution in [0.1, 0.15) is 69.7 Å². The van der Waals surface area contributed by atoms with Crippen LogP contribution in [0, 0.1) is 0 Å². The molecule has 2 N–H and O–H groups in total. The molecule has 2 nitrogen and oxygen atoms in total. The van der Waals surface area contributed by atoms with Crippen LogP contribution in [0.15, 0.2) is 16.7 Å². The molecule has 0 amide bonds. The summed E-state index contributed by atoms with van der Waals surface area (Å²) in [7, 11) is 0. The van der Waals surface area contributed by atoms with Crippen LogP contribution in [0.4, 0.5) is 0 Å². The van der Waals surface area contributed by atoms with Crippen molar-refractivity contribution in [3.8, 4) is 0 Å². The van der Waals surface area contributed by atoms with Crippen molar-refractivity contribution < 1.29 is 4.42 Å². The maximum atomic E-state index is 6.17. The molecule has 0 fully saturated rings. The molecule has 0 spiro atoms. The van der Waals surface area contributed by atoms with Gasteiger partial charge in [-0.05, 0) is 12.5 Å². The smallest absolute Gasteiger partial charge is 0.108 e. The average molecular weight is 223 g/mol. The van der Waals surface area contributed by atoms with Crippen molar-refractivity contribution in [2.45, 2.75) is 64.8 Å². The number of hydrogen-bond donors (Lipinski definition) is 1. The molecule has 0 aliphatic heterocycles. The Morgan fingerprint density at radius 1 is 1.19 bits per heavy atom. The third kappa shape index (κ3) is 4.01. The third-order valence-corrected chi connectivity index (χ3v) is 3.12. The van der Waals surface area contributed by atoms with E-state index in [0.717, 1.165) is 18.6 Å². The molecule has 0 saturated heterocycles. The van der Waals surface area contributed by atoms with E-state index in [9.17, 15) is 0 Å². The van der Waals surface area contributed by atoms with E-state index in [1.165, 1.54) is 37.7 Å². The van der Waals surface area contributed by atoms with Crippen LogP contribution >= 0.6 is 0 Å². The molecule has 1 aromatic heterocycles. The summed E-state index contributed by atoms with van der Waals surface area (Å²) in [4.78, 5) is 0. The van der Waals surface area contributed by atoms with Crippen LogP contribution in [0.3, 0.4) is 0 Å². The highest BCUT2D eigenvalue weighted by molar-refractivity contribution is 5.20. The molecule has 0 aliphatic carbocycles. The zero-order chi connectivity index (χ0) is 11.8. The lowest BCUT2D eigenvalue weighted by molar-refractivity contribution is 0.496. The highest BCUT2D eigenvalue weighted by Crippen LogP contribution is 2.22. The molecule has 92 valence electrons. The molecule has 0 radical (unpaired) electrons. The first-order chi connectivity index (χ1) is 7.79. The lowest BCUT2D eigenvalue weighted by Crippen LogP contribution is -2.10. The van der Waals surface area contributed by atoms with Gasteiger partial charge in [-0.2, -0.15) is 0 Å². The van der Waals surface area contributed by atoms with Gasteiger partial charge in [-0.1, -0.05) is 46.0 Å². The van der Waals surface area contributed by atoms with E-state index in [1.54, 1.807) is 6.26 Å². The summed E-state index contributed by atoms with van der Waals surface area (Å²) in [6, 6.07) is 2.19. The second-order valence-corrected chi connectivity index (χ2v) is 4.46. The van der Waals surface area contributed by atoms with Crippen LogP contribution in [-0.2, 0) is 6.42 Å². The van der Waals surface area contributed by atoms with Gasteiger partial charge in [-0.15, -0.1) is 0 Å². The lowest BCUT2D eigenvalue weighted by Gasteiger charge is -2.11. The minimum absolute atomic E-state index is 0.162. The van der Waals surface area contributed by atoms with Crippen LogP contribution in [0.5, 0.6) is 0 Å². The molecule has 1 atom stereocenters. The van der Waals surface area contributed by atoms with E-state index in [0.29, 0.717) is 0 Å². The summed E-state index contributed by atoms with van der Waals surface area (Å²) in [5.74, 6) is 1.06. The summed E-state index contributed by atoms with van der Waals surface area (Å²) in [5.41, 5.74) is 7.38. The zero-order valence-corrected chi connectivity index (χ0v) is 10.7. The van der Waals surface area contributed by atoms with Crippen molar-refractivity contribution in [1.82, 2.24) is 0 Å². The number of hydrogen-bond acceptors (Lipinski definition) is 2. The number of rotatable bonds is 8. The van der Waals surface area contributed by atoms with Gasteiger partial charge in [-0.3, -0.25) is 0 Å². The first-order valence-electron chi connectivity index (χ1n) is 6.61. The molecule has 1 rings (SSSR count). The summed E-state index contributed by atoms with van der Waals surface area (Å²) < 4.78 is 5.40. The average Bonchev–Trinajstić information content (AvgIpc) is 2.76. The second-order valence-electron chi connectivity index (χ2n) is 4.46. The van der Waals surface area contributed by atoms with Crippen LogP contribution in [-0.4, -0.2) is 0 Å². The van der Waals surface area contributed by atoms with E-state index in [2.05, 4.69) is 13.8 Å². The van der Waals surface area contributed by atoms with E-state index in [1.807, 2.05) is 6.07 Å². The molecule has 0 aliphatic rings. The fourth-order valence-electron chi connectivity index (χ4n) is 2.09. The Morgan fingerprint density at radius 3 is 2.62 bits per heavy atom. The van der Waals surface area contributed by atoms with E-state index in [-0.39, 0.29) is 6.04 Å². The Kier molecular flexibility index (Phi) is 6.24. The Bertz CT molecular complexity index is 280. The molecule has 2 heteroatoms. The van der Waals surface area contributed by atoms with Gasteiger partial charge < -0.3 is 10.2 Å². The molecule has 1 aromatic rings. The molecule has 0 bridgehead atoms. The van der Waals surface area contributed by atoms with Crippen molar-refractivity contribution in [1.29, 1.82) is 0 Å². The molecule has 1 heterocycles. The Hall–Kier alpha value is -0.760. The highest BCUT2D eigenvalue weighted by Gasteiger charge is 2.12. The summed E-state index contributed by atoms with van der Waals surface area (Å²) in [5, 5.41) is 0. The summed E-state index contributed by atoms with van der Waals surface area (Å²) in [6.07, 6.45) is 10.3. The third-order valence-electron chi connectivity index (χ3n) is 3.12. The van der Waals surface area contributed by atoms with E-state index >= 15 is 0 Å². The lowest BCUT2D eigenvalue weighted by atomic mass is 10.0. The first-order valence-corrected chi connectivity index (χ1v) is 6.61. The molecule has 0 saturated carbocycles. The van der Waals surface area contributed by atoms with E-state index in [4.69, 9.17) is 10.2 Å². The van der Waals surface area contributed by atoms with Crippen molar-refractivity contribution in [3.63, 3.8) is 0 Å². The van der Waals surface area contributed by atoms with Gasteiger partial charge >= 0.3 is 0 Å². The van der Waals surface area contributed by atoms with Crippen LogP contribution in [0.2, 0.25) is 0 Å². The van der Waals surface area contributed by atoms with Gasteiger partial charge in [0, 0.05) is 18.0 Å². The molecule has 1 unspecified atom stereocenters. The van der Waals surface area contributed by atoms with Gasteiger partial charge in [0.1, 0.15) is 5.76 Å². The Morgan fingerprint density at radius 2 is 1.94 bits per heavy atom. The largest absolute Gasteiger partial charge is 0.469 e. The van der Waals surface area contributed by atoms with Crippen molar-refractivity contribution in [3.05, 3.63) is 23.7 Å². The fraction of sp³-hybridized carbons (Fsp3) is 0.714. The summed E-state index contributed by atoms with van der Waals surface area (Å²) >= 11 is 0. The fourth-order valence-corrected chi connectivity index (χ4v) is 2.09. The minimum atomic E-state index is 0.162. The van der Waals surface area contributed by atoms with E-state index < -0.39 is 0 Å². The predicted molar refractivity (Wildman–Crippen MR) is 68.4 cm³/mol. The normalized spacial score (nSPS) is 12.9. The zero-order valence-electron chi connectivity index (χ0n) is 10.7. The van der Waals surface area contributed by atoms with Gasteiger partial charge in [-0.25, -0.2) is 0 Å². The van der Waals surface area contributed by atoms with Crippen molar-refractivity contribution in [2.24, 2.45) is 5.73 Å². The number of nitrogens with two attached hydrogens (primary N) is 1. The molecular weight excluding hydrogens is 198 g/mol. The maximum absolute atomic E-state index is 6.17. The topological polar surface area (TPSA) is 39.2 Å². The Labute approximate surface area is 99.2 Å². The maximum Gasteiger partial charge on any atom is 0.108 e. The minimum Gasteiger partial charge on any atom is -0.469 e. The quantitative estimate of drug-likeness (QED) is 0.671. The van der Waals surface area contributed by atoms with Crippen molar-refractivity contribution in [2.75, 3.05) is 0 Å². The predicted octanol–water partition coefficient (Wildman–Crippen LogP) is 4.20. The van der Waals surface area contributed by atoms with Crippen LogP contribution in [0.25, 0.3) is 0 Å². The first kappa shape index (κ1) is 13.3. The molecular formula is C14H25NO. The summed E-state index contributed by atoms with van der Waals surface area (Å²) in [6.45, 7) is 4.35. The number of unbranched alkanes of at least 4 members (excludes halogenated alkanes) is 4.